The van der Waals surface area contributed by atoms with Crippen molar-refractivity contribution in [2.45, 2.75) is 22.8 Å². The number of amides is 1. The van der Waals surface area contributed by atoms with Crippen molar-refractivity contribution in [2.75, 3.05) is 12.3 Å². The standard InChI is InChI=1S/C19H20N2OS4/c1-14-11-25-19(21-14)26-12-15-4-6-16(7-5-15)18(22)20-8-10-23-13-17-3-2-9-24-17/h2-7,9,11H,8,10,12-13H2,1H3,(H,20,22). The van der Waals surface area contributed by atoms with Crippen LogP contribution in [0.2, 0.25) is 0 Å². The molecule has 0 radical (unpaired) electrons. The number of aromatic nitrogens is 1. The summed E-state index contributed by atoms with van der Waals surface area (Å²) in [6, 6.07) is 12.1. The Morgan fingerprint density at radius 2 is 2.00 bits per heavy atom. The predicted molar refractivity (Wildman–Crippen MR) is 116 cm³/mol. The van der Waals surface area contributed by atoms with E-state index in [1.165, 1.54) is 10.4 Å². The van der Waals surface area contributed by atoms with Gasteiger partial charge in [0.05, 0.1) is 0 Å². The largest absolute Gasteiger partial charge is 0.351 e. The van der Waals surface area contributed by atoms with Crippen LogP contribution in [0.25, 0.3) is 0 Å². The number of thioether (sulfide) groups is 2. The van der Waals surface area contributed by atoms with E-state index in [9.17, 15) is 4.79 Å². The molecule has 2 heterocycles. The molecule has 0 bridgehead atoms. The average molecular weight is 421 g/mol. The Bertz CT molecular complexity index is 812. The second kappa shape index (κ2) is 10.2. The summed E-state index contributed by atoms with van der Waals surface area (Å²) in [5.74, 6) is 2.80. The van der Waals surface area contributed by atoms with E-state index in [0.717, 1.165) is 27.3 Å². The van der Waals surface area contributed by atoms with Gasteiger partial charge in [0.2, 0.25) is 0 Å². The van der Waals surface area contributed by atoms with Gasteiger partial charge in [0.1, 0.15) is 4.34 Å². The van der Waals surface area contributed by atoms with Gasteiger partial charge in [-0.15, -0.1) is 22.7 Å². The van der Waals surface area contributed by atoms with Gasteiger partial charge in [0.15, 0.2) is 0 Å². The van der Waals surface area contributed by atoms with E-state index in [2.05, 4.69) is 33.2 Å². The second-order valence-electron chi connectivity index (χ2n) is 5.63. The van der Waals surface area contributed by atoms with Crippen LogP contribution < -0.4 is 5.32 Å². The predicted octanol–water partition coefficient (Wildman–Crippen LogP) is 5.47. The van der Waals surface area contributed by atoms with E-state index in [1.807, 2.05) is 43.0 Å². The number of carbonyl (C=O) groups excluding carboxylic acids is 1. The van der Waals surface area contributed by atoms with E-state index in [1.54, 1.807) is 34.4 Å². The molecule has 0 atom stereocenters. The van der Waals surface area contributed by atoms with Crippen molar-refractivity contribution in [3.05, 3.63) is 68.9 Å². The summed E-state index contributed by atoms with van der Waals surface area (Å²) in [6.45, 7) is 2.70. The monoisotopic (exact) mass is 420 g/mol. The van der Waals surface area contributed by atoms with Crippen molar-refractivity contribution >= 4 is 52.1 Å². The summed E-state index contributed by atoms with van der Waals surface area (Å²) in [4.78, 5) is 18.0. The third kappa shape index (κ3) is 6.16. The summed E-state index contributed by atoms with van der Waals surface area (Å²) >= 11 is 7.03. The van der Waals surface area contributed by atoms with Gasteiger partial charge < -0.3 is 5.32 Å². The number of thiazole rings is 1. The van der Waals surface area contributed by atoms with Gasteiger partial charge in [-0.2, -0.15) is 11.8 Å². The lowest BCUT2D eigenvalue weighted by Crippen LogP contribution is -2.25. The lowest BCUT2D eigenvalue weighted by atomic mass is 10.1. The first-order valence-corrected chi connectivity index (χ1v) is 12.1. The molecule has 1 amide bonds. The molecule has 0 aliphatic rings. The lowest BCUT2D eigenvalue weighted by molar-refractivity contribution is 0.0956. The molecule has 7 heteroatoms. The molecule has 1 aromatic carbocycles. The normalized spacial score (nSPS) is 10.8. The highest BCUT2D eigenvalue weighted by Gasteiger charge is 2.06. The van der Waals surface area contributed by atoms with Crippen LogP contribution in [-0.4, -0.2) is 23.2 Å². The smallest absolute Gasteiger partial charge is 0.251 e. The number of hydrogen-bond donors (Lipinski definition) is 1. The fraction of sp³-hybridized carbons (Fsp3) is 0.263. The molecule has 26 heavy (non-hydrogen) atoms. The number of nitrogens with zero attached hydrogens (tertiary/aromatic N) is 1. The van der Waals surface area contributed by atoms with Crippen LogP contribution in [0, 0.1) is 6.92 Å². The molecule has 2 aromatic heterocycles. The summed E-state index contributed by atoms with van der Waals surface area (Å²) in [7, 11) is 0. The zero-order valence-corrected chi connectivity index (χ0v) is 17.7. The quantitative estimate of drug-likeness (QED) is 0.368. The zero-order chi connectivity index (χ0) is 18.2. The van der Waals surface area contributed by atoms with E-state index in [-0.39, 0.29) is 5.91 Å². The molecule has 3 rings (SSSR count). The van der Waals surface area contributed by atoms with E-state index in [4.69, 9.17) is 0 Å². The highest BCUT2D eigenvalue weighted by molar-refractivity contribution is 8.00. The first kappa shape index (κ1) is 19.5. The summed E-state index contributed by atoms with van der Waals surface area (Å²) in [5.41, 5.74) is 2.98. The van der Waals surface area contributed by atoms with Crippen molar-refractivity contribution in [3.63, 3.8) is 0 Å². The highest BCUT2D eigenvalue weighted by atomic mass is 32.2. The summed E-state index contributed by atoms with van der Waals surface area (Å²) in [6.07, 6.45) is 0. The molecule has 1 N–H and O–H groups in total. The average Bonchev–Trinajstić information content (AvgIpc) is 3.31. The van der Waals surface area contributed by atoms with Crippen LogP contribution in [0.15, 0.2) is 51.5 Å². The molecule has 3 aromatic rings. The zero-order valence-electron chi connectivity index (χ0n) is 14.4. The number of benzene rings is 1. The van der Waals surface area contributed by atoms with Crippen LogP contribution in [-0.2, 0) is 11.5 Å². The van der Waals surface area contributed by atoms with Gasteiger partial charge in [0.25, 0.3) is 5.91 Å². The number of nitrogens with one attached hydrogen (secondary N) is 1. The lowest BCUT2D eigenvalue weighted by Gasteiger charge is -2.06. The number of aryl methyl sites for hydroxylation is 1. The number of rotatable bonds is 9. The molecule has 0 aliphatic carbocycles. The van der Waals surface area contributed by atoms with Crippen molar-refractivity contribution in [1.82, 2.24) is 10.3 Å². The van der Waals surface area contributed by atoms with Crippen LogP contribution in [0.3, 0.4) is 0 Å². The molecule has 0 saturated carbocycles. The van der Waals surface area contributed by atoms with Crippen molar-refractivity contribution in [2.24, 2.45) is 0 Å². The van der Waals surface area contributed by atoms with Crippen LogP contribution in [0.5, 0.6) is 0 Å². The van der Waals surface area contributed by atoms with Gasteiger partial charge >= 0.3 is 0 Å². The minimum absolute atomic E-state index is 0.00326. The third-order valence-electron chi connectivity index (χ3n) is 3.53. The highest BCUT2D eigenvalue weighted by Crippen LogP contribution is 2.26. The first-order chi connectivity index (χ1) is 12.7. The fourth-order valence-corrected chi connectivity index (χ4v) is 5.71. The Morgan fingerprint density at radius 3 is 2.69 bits per heavy atom. The molecule has 0 fully saturated rings. The molecule has 0 unspecified atom stereocenters. The first-order valence-electron chi connectivity index (χ1n) is 8.23. The molecular weight excluding hydrogens is 400 g/mol. The molecule has 0 aliphatic heterocycles. The number of hydrogen-bond acceptors (Lipinski definition) is 6. The second-order valence-corrected chi connectivity index (χ2v) is 9.85. The van der Waals surface area contributed by atoms with Crippen LogP contribution in [0.1, 0.15) is 26.5 Å². The summed E-state index contributed by atoms with van der Waals surface area (Å²) in [5, 5.41) is 7.15. The Hall–Kier alpha value is -1.28. The molecule has 3 nitrogen and oxygen atoms in total. The Balaban J connectivity index is 1.37. The van der Waals surface area contributed by atoms with E-state index in [0.29, 0.717) is 12.1 Å². The molecular formula is C19H20N2OS4. The van der Waals surface area contributed by atoms with Gasteiger partial charge in [-0.05, 0) is 36.1 Å². The maximum Gasteiger partial charge on any atom is 0.251 e. The van der Waals surface area contributed by atoms with Crippen molar-refractivity contribution in [3.8, 4) is 0 Å². The molecule has 0 saturated heterocycles. The SMILES string of the molecule is Cc1csc(SCc2ccc(C(=O)NCCSCc3cccs3)cc2)n1. The van der Waals surface area contributed by atoms with Crippen molar-refractivity contribution in [1.29, 1.82) is 0 Å². The van der Waals surface area contributed by atoms with E-state index >= 15 is 0 Å². The van der Waals surface area contributed by atoms with E-state index < -0.39 is 0 Å². The minimum Gasteiger partial charge on any atom is -0.351 e. The topological polar surface area (TPSA) is 42.0 Å². The van der Waals surface area contributed by atoms with Crippen LogP contribution in [0.4, 0.5) is 0 Å². The van der Waals surface area contributed by atoms with Gasteiger partial charge in [-0.25, -0.2) is 4.98 Å². The third-order valence-corrected chi connectivity index (χ3v) is 7.81. The Labute approximate surface area is 170 Å². The number of thiophene rings is 1. The fourth-order valence-electron chi connectivity index (χ4n) is 2.20. The maximum atomic E-state index is 12.2. The van der Waals surface area contributed by atoms with Gasteiger partial charge in [-0.1, -0.05) is 30.0 Å². The minimum atomic E-state index is -0.00326. The maximum absolute atomic E-state index is 12.2. The van der Waals surface area contributed by atoms with Crippen molar-refractivity contribution < 1.29 is 4.79 Å². The molecule has 0 spiro atoms. The summed E-state index contributed by atoms with van der Waals surface area (Å²) < 4.78 is 1.09. The number of carbonyl (C=O) groups is 1. The van der Waals surface area contributed by atoms with Gasteiger partial charge in [0, 0.05) is 45.3 Å². The molecule has 136 valence electrons. The Kier molecular flexibility index (Phi) is 7.61. The van der Waals surface area contributed by atoms with Gasteiger partial charge in [-0.3, -0.25) is 4.79 Å². The van der Waals surface area contributed by atoms with Crippen LogP contribution >= 0.6 is 46.2 Å². The Morgan fingerprint density at radius 1 is 1.15 bits per heavy atom.